The van der Waals surface area contributed by atoms with Gasteiger partial charge in [-0.05, 0) is 31.1 Å². The highest BCUT2D eigenvalue weighted by Gasteiger charge is 2.25. The molecule has 0 bridgehead atoms. The maximum Gasteiger partial charge on any atom is 0.329 e. The minimum absolute atomic E-state index is 0.272. The highest BCUT2D eigenvalue weighted by molar-refractivity contribution is 5.73. The minimum Gasteiger partial charge on any atom is -0.334 e. The Bertz CT molecular complexity index is 184. The van der Waals surface area contributed by atoms with E-state index in [0.717, 1.165) is 18.8 Å². The van der Waals surface area contributed by atoms with Crippen LogP contribution >= 0.6 is 0 Å². The van der Waals surface area contributed by atoms with Gasteiger partial charge in [-0.2, -0.15) is 0 Å². The van der Waals surface area contributed by atoms with Gasteiger partial charge in [-0.15, -0.1) is 0 Å². The van der Waals surface area contributed by atoms with Crippen molar-refractivity contribution in [2.45, 2.75) is 39.2 Å². The summed E-state index contributed by atoms with van der Waals surface area (Å²) in [7, 11) is 0. The molecule has 0 aromatic heterocycles. The van der Waals surface area contributed by atoms with Gasteiger partial charge in [0.2, 0.25) is 0 Å². The fraction of sp³-hybridized carbons (Fsp3) is 0.889. The van der Waals surface area contributed by atoms with Crippen molar-refractivity contribution < 1.29 is 4.79 Å². The first-order valence-corrected chi connectivity index (χ1v) is 4.90. The van der Waals surface area contributed by atoms with Gasteiger partial charge in [0, 0.05) is 6.04 Å². The third-order valence-corrected chi connectivity index (χ3v) is 3.06. The van der Waals surface area contributed by atoms with Crippen LogP contribution in [-0.2, 0) is 0 Å². The van der Waals surface area contributed by atoms with Gasteiger partial charge in [-0.25, -0.2) is 10.6 Å². The maximum atomic E-state index is 10.9. The maximum absolute atomic E-state index is 10.9. The van der Waals surface area contributed by atoms with Gasteiger partial charge in [-0.1, -0.05) is 13.8 Å². The average Bonchev–Trinajstić information content (AvgIpc) is 2.11. The van der Waals surface area contributed by atoms with Crippen molar-refractivity contribution in [3.63, 3.8) is 0 Å². The summed E-state index contributed by atoms with van der Waals surface area (Å²) in [5.74, 6) is 6.46. The molecule has 0 spiro atoms. The van der Waals surface area contributed by atoms with Crippen molar-refractivity contribution in [2.24, 2.45) is 17.7 Å². The van der Waals surface area contributed by atoms with Crippen LogP contribution in [0.5, 0.6) is 0 Å². The Morgan fingerprint density at radius 3 is 2.54 bits per heavy atom. The highest BCUT2D eigenvalue weighted by Crippen LogP contribution is 2.29. The quantitative estimate of drug-likeness (QED) is 0.324. The molecule has 0 aromatic carbocycles. The molecule has 2 amide bonds. The summed E-state index contributed by atoms with van der Waals surface area (Å²) < 4.78 is 0. The summed E-state index contributed by atoms with van der Waals surface area (Å²) in [6, 6.07) is 0.0292. The van der Waals surface area contributed by atoms with Crippen LogP contribution in [0.25, 0.3) is 0 Å². The molecule has 4 N–H and O–H groups in total. The monoisotopic (exact) mass is 185 g/mol. The van der Waals surface area contributed by atoms with E-state index in [0.29, 0.717) is 12.0 Å². The van der Waals surface area contributed by atoms with Crippen molar-refractivity contribution in [3.8, 4) is 0 Å². The SMILES string of the molecule is CC1CCC(NC(=O)NN)CC1C. The Kier molecular flexibility index (Phi) is 3.54. The smallest absolute Gasteiger partial charge is 0.329 e. The van der Waals surface area contributed by atoms with E-state index in [1.165, 1.54) is 6.42 Å². The van der Waals surface area contributed by atoms with Gasteiger partial charge in [0.25, 0.3) is 0 Å². The van der Waals surface area contributed by atoms with Crippen LogP contribution < -0.4 is 16.6 Å². The molecule has 1 aliphatic carbocycles. The third-order valence-electron chi connectivity index (χ3n) is 3.06. The summed E-state index contributed by atoms with van der Waals surface area (Å²) in [5.41, 5.74) is 2.09. The Balaban J connectivity index is 2.33. The van der Waals surface area contributed by atoms with Crippen LogP contribution in [0, 0.1) is 11.8 Å². The van der Waals surface area contributed by atoms with Crippen LogP contribution in [0.4, 0.5) is 4.79 Å². The number of nitrogens with one attached hydrogen (secondary N) is 2. The van der Waals surface area contributed by atoms with Gasteiger partial charge >= 0.3 is 6.03 Å². The molecule has 0 radical (unpaired) electrons. The van der Waals surface area contributed by atoms with Crippen LogP contribution in [0.15, 0.2) is 0 Å². The molecule has 13 heavy (non-hydrogen) atoms. The van der Waals surface area contributed by atoms with Crippen molar-refractivity contribution in [1.29, 1.82) is 0 Å². The zero-order valence-electron chi connectivity index (χ0n) is 8.34. The van der Waals surface area contributed by atoms with E-state index < -0.39 is 0 Å². The van der Waals surface area contributed by atoms with E-state index in [2.05, 4.69) is 24.6 Å². The Labute approximate surface area is 79.2 Å². The molecular formula is C9H19N3O. The normalized spacial score (nSPS) is 33.9. The summed E-state index contributed by atoms with van der Waals surface area (Å²) in [6.07, 6.45) is 3.32. The van der Waals surface area contributed by atoms with Gasteiger partial charge in [0.15, 0.2) is 0 Å². The van der Waals surface area contributed by atoms with Gasteiger partial charge in [0.1, 0.15) is 0 Å². The Morgan fingerprint density at radius 1 is 1.31 bits per heavy atom. The first-order valence-electron chi connectivity index (χ1n) is 4.90. The number of carbonyl (C=O) groups excluding carboxylic acids is 1. The fourth-order valence-electron chi connectivity index (χ4n) is 1.91. The number of hydrogen-bond acceptors (Lipinski definition) is 2. The summed E-state index contributed by atoms with van der Waals surface area (Å²) in [5, 5.41) is 2.84. The molecule has 1 aliphatic rings. The van der Waals surface area contributed by atoms with E-state index in [1.807, 2.05) is 0 Å². The number of amides is 2. The number of hydrogen-bond donors (Lipinski definition) is 3. The number of hydrazine groups is 1. The third kappa shape index (κ3) is 2.88. The molecule has 3 unspecified atom stereocenters. The molecule has 0 aromatic rings. The molecule has 1 rings (SSSR count). The molecule has 0 aliphatic heterocycles. The summed E-state index contributed by atoms with van der Waals surface area (Å²) >= 11 is 0. The molecule has 0 saturated heterocycles. The standard InChI is InChI=1S/C9H19N3O/c1-6-3-4-8(5-7(6)2)11-9(13)12-10/h6-8H,3-5,10H2,1-2H3,(H2,11,12,13). The van der Waals surface area contributed by atoms with Gasteiger partial charge in [-0.3, -0.25) is 5.43 Å². The Morgan fingerprint density at radius 2 is 2.00 bits per heavy atom. The minimum atomic E-state index is -0.272. The zero-order chi connectivity index (χ0) is 9.84. The van der Waals surface area contributed by atoms with Crippen LogP contribution in [-0.4, -0.2) is 12.1 Å². The second kappa shape index (κ2) is 4.46. The number of urea groups is 1. The number of rotatable bonds is 1. The van der Waals surface area contributed by atoms with E-state index in [-0.39, 0.29) is 6.03 Å². The lowest BCUT2D eigenvalue weighted by Gasteiger charge is -2.32. The Hall–Kier alpha value is -0.770. The number of carbonyl (C=O) groups is 1. The van der Waals surface area contributed by atoms with Crippen molar-refractivity contribution in [3.05, 3.63) is 0 Å². The lowest BCUT2D eigenvalue weighted by atomic mass is 9.79. The average molecular weight is 185 g/mol. The van der Waals surface area contributed by atoms with Gasteiger partial charge in [0.05, 0.1) is 0 Å². The second-order valence-electron chi connectivity index (χ2n) is 4.08. The van der Waals surface area contributed by atoms with Crippen LogP contribution in [0.1, 0.15) is 33.1 Å². The summed E-state index contributed by atoms with van der Waals surface area (Å²) in [4.78, 5) is 10.9. The van der Waals surface area contributed by atoms with E-state index in [4.69, 9.17) is 5.84 Å². The van der Waals surface area contributed by atoms with Crippen LogP contribution in [0.2, 0.25) is 0 Å². The van der Waals surface area contributed by atoms with E-state index in [1.54, 1.807) is 0 Å². The fourth-order valence-corrected chi connectivity index (χ4v) is 1.91. The van der Waals surface area contributed by atoms with Crippen molar-refractivity contribution in [2.75, 3.05) is 0 Å². The predicted octanol–water partition coefficient (Wildman–Crippen LogP) is 0.984. The van der Waals surface area contributed by atoms with Crippen LogP contribution in [0.3, 0.4) is 0 Å². The largest absolute Gasteiger partial charge is 0.334 e. The molecule has 0 heterocycles. The molecule has 76 valence electrons. The second-order valence-corrected chi connectivity index (χ2v) is 4.08. The van der Waals surface area contributed by atoms with Crippen molar-refractivity contribution in [1.82, 2.24) is 10.7 Å². The van der Waals surface area contributed by atoms with Gasteiger partial charge < -0.3 is 5.32 Å². The summed E-state index contributed by atoms with van der Waals surface area (Å²) in [6.45, 7) is 4.50. The molecule has 4 nitrogen and oxygen atoms in total. The number of nitrogens with two attached hydrogens (primary N) is 1. The lowest BCUT2D eigenvalue weighted by molar-refractivity contribution is 0.208. The molecule has 1 fully saturated rings. The molecule has 3 atom stereocenters. The van der Waals surface area contributed by atoms with E-state index in [9.17, 15) is 4.79 Å². The highest BCUT2D eigenvalue weighted by atomic mass is 16.2. The molecule has 1 saturated carbocycles. The van der Waals surface area contributed by atoms with E-state index >= 15 is 0 Å². The first kappa shape index (κ1) is 10.3. The zero-order valence-corrected chi connectivity index (χ0v) is 8.34. The molecular weight excluding hydrogens is 166 g/mol. The first-order chi connectivity index (χ1) is 6.13. The topological polar surface area (TPSA) is 67.2 Å². The molecule has 4 heteroatoms. The predicted molar refractivity (Wildman–Crippen MR) is 51.8 cm³/mol. The van der Waals surface area contributed by atoms with Crippen molar-refractivity contribution >= 4 is 6.03 Å². The lowest BCUT2D eigenvalue weighted by Crippen LogP contribution is -2.47.